The average molecular weight is 383 g/mol. The molecule has 0 radical (unpaired) electrons. The highest BCUT2D eigenvalue weighted by Gasteiger charge is 2.18. The van der Waals surface area contributed by atoms with E-state index in [9.17, 15) is 4.79 Å². The maximum atomic E-state index is 13.2. The molecule has 5 heteroatoms. The van der Waals surface area contributed by atoms with Crippen LogP contribution in [0, 0.1) is 6.92 Å². The maximum absolute atomic E-state index is 13.2. The van der Waals surface area contributed by atoms with E-state index in [1.165, 1.54) is 0 Å². The van der Waals surface area contributed by atoms with E-state index in [-0.39, 0.29) is 5.91 Å². The molecule has 1 N–H and O–H groups in total. The molecular weight excluding hydrogens is 362 g/mol. The Morgan fingerprint density at radius 1 is 1.00 bits per heavy atom. The summed E-state index contributed by atoms with van der Waals surface area (Å²) in [5.74, 6) is 0.641. The first-order chi connectivity index (χ1) is 14.2. The second-order valence-electron chi connectivity index (χ2n) is 6.71. The van der Waals surface area contributed by atoms with Crippen LogP contribution in [0.15, 0.2) is 72.9 Å². The standard InChI is InChI=1S/C24H21N3O2/c1-16-22(24(28)26-15-18-7-5-6-14-25-18)20-8-3-4-9-21(20)27-23(16)17-10-12-19(29-2)13-11-17/h3-14H,15H2,1-2H3,(H,26,28). The van der Waals surface area contributed by atoms with Gasteiger partial charge in [-0.25, -0.2) is 4.98 Å². The number of hydrogen-bond acceptors (Lipinski definition) is 4. The van der Waals surface area contributed by atoms with Crippen LogP contribution in [0.2, 0.25) is 0 Å². The lowest BCUT2D eigenvalue weighted by atomic mass is 9.97. The van der Waals surface area contributed by atoms with Crippen molar-refractivity contribution in [3.05, 3.63) is 89.7 Å². The number of benzene rings is 2. The third-order valence-corrected chi connectivity index (χ3v) is 4.88. The Morgan fingerprint density at radius 2 is 1.76 bits per heavy atom. The van der Waals surface area contributed by atoms with Gasteiger partial charge in [-0.15, -0.1) is 0 Å². The lowest BCUT2D eigenvalue weighted by Gasteiger charge is -2.15. The lowest BCUT2D eigenvalue weighted by molar-refractivity contribution is 0.0951. The molecule has 1 amide bonds. The van der Waals surface area contributed by atoms with E-state index in [1.807, 2.05) is 73.7 Å². The number of carbonyl (C=O) groups is 1. The van der Waals surface area contributed by atoms with Crippen LogP contribution in [0.1, 0.15) is 21.6 Å². The average Bonchev–Trinajstić information content (AvgIpc) is 2.78. The molecule has 0 spiro atoms. The maximum Gasteiger partial charge on any atom is 0.252 e. The van der Waals surface area contributed by atoms with Crippen LogP contribution in [0.4, 0.5) is 0 Å². The summed E-state index contributed by atoms with van der Waals surface area (Å²) in [5.41, 5.74) is 4.80. The lowest BCUT2D eigenvalue weighted by Crippen LogP contribution is -2.24. The van der Waals surface area contributed by atoms with Crippen molar-refractivity contribution in [3.8, 4) is 17.0 Å². The Bertz CT molecular complexity index is 1160. The number of pyridine rings is 2. The van der Waals surface area contributed by atoms with E-state index in [0.29, 0.717) is 12.1 Å². The van der Waals surface area contributed by atoms with Gasteiger partial charge in [0.2, 0.25) is 0 Å². The van der Waals surface area contributed by atoms with E-state index >= 15 is 0 Å². The molecule has 0 saturated carbocycles. The Kier molecular flexibility index (Phi) is 5.20. The molecule has 29 heavy (non-hydrogen) atoms. The first kappa shape index (κ1) is 18.6. The van der Waals surface area contributed by atoms with Crippen LogP contribution >= 0.6 is 0 Å². The first-order valence-corrected chi connectivity index (χ1v) is 9.39. The number of carbonyl (C=O) groups excluding carboxylic acids is 1. The summed E-state index contributed by atoms with van der Waals surface area (Å²) in [4.78, 5) is 22.3. The largest absolute Gasteiger partial charge is 0.497 e. The van der Waals surface area contributed by atoms with Crippen molar-refractivity contribution in [2.45, 2.75) is 13.5 Å². The molecule has 4 aromatic rings. The van der Waals surface area contributed by atoms with Gasteiger partial charge in [0.15, 0.2) is 0 Å². The highest BCUT2D eigenvalue weighted by atomic mass is 16.5. The van der Waals surface area contributed by atoms with Crippen molar-refractivity contribution in [1.82, 2.24) is 15.3 Å². The molecule has 0 aliphatic heterocycles. The molecule has 0 aliphatic rings. The third kappa shape index (κ3) is 3.80. The molecule has 0 atom stereocenters. The number of rotatable bonds is 5. The second kappa shape index (κ2) is 8.10. The van der Waals surface area contributed by atoms with Gasteiger partial charge >= 0.3 is 0 Å². The minimum absolute atomic E-state index is 0.137. The van der Waals surface area contributed by atoms with Gasteiger partial charge in [0.05, 0.1) is 36.1 Å². The quantitative estimate of drug-likeness (QED) is 0.549. The predicted molar refractivity (Wildman–Crippen MR) is 114 cm³/mol. The zero-order valence-corrected chi connectivity index (χ0v) is 16.3. The Morgan fingerprint density at radius 3 is 2.48 bits per heavy atom. The number of nitrogens with one attached hydrogen (secondary N) is 1. The molecule has 0 bridgehead atoms. The number of fused-ring (bicyclic) bond motifs is 1. The van der Waals surface area contributed by atoms with Crippen LogP contribution in [-0.4, -0.2) is 23.0 Å². The summed E-state index contributed by atoms with van der Waals surface area (Å²) in [6, 6.07) is 21.1. The van der Waals surface area contributed by atoms with E-state index in [1.54, 1.807) is 13.3 Å². The van der Waals surface area contributed by atoms with E-state index in [0.717, 1.165) is 39.2 Å². The molecule has 144 valence electrons. The summed E-state index contributed by atoms with van der Waals surface area (Å²) in [6.07, 6.45) is 1.72. The fourth-order valence-corrected chi connectivity index (χ4v) is 3.39. The number of methoxy groups -OCH3 is 1. The van der Waals surface area contributed by atoms with Crippen LogP contribution in [0.3, 0.4) is 0 Å². The monoisotopic (exact) mass is 383 g/mol. The van der Waals surface area contributed by atoms with Crippen molar-refractivity contribution in [3.63, 3.8) is 0 Å². The van der Waals surface area contributed by atoms with Gasteiger partial charge < -0.3 is 10.1 Å². The van der Waals surface area contributed by atoms with Crippen LogP contribution in [0.5, 0.6) is 5.75 Å². The van der Waals surface area contributed by atoms with Crippen LogP contribution < -0.4 is 10.1 Å². The highest BCUT2D eigenvalue weighted by molar-refractivity contribution is 6.08. The summed E-state index contributed by atoms with van der Waals surface area (Å²) in [5, 5.41) is 3.83. The van der Waals surface area contributed by atoms with Crippen molar-refractivity contribution in [2.24, 2.45) is 0 Å². The molecular formula is C24H21N3O2. The van der Waals surface area contributed by atoms with Crippen molar-refractivity contribution < 1.29 is 9.53 Å². The Hall–Kier alpha value is -3.73. The van der Waals surface area contributed by atoms with Gasteiger partial charge in [-0.2, -0.15) is 0 Å². The number of ether oxygens (including phenoxy) is 1. The van der Waals surface area contributed by atoms with Gasteiger partial charge in [-0.1, -0.05) is 24.3 Å². The fourth-order valence-electron chi connectivity index (χ4n) is 3.39. The second-order valence-corrected chi connectivity index (χ2v) is 6.71. The van der Waals surface area contributed by atoms with Gasteiger partial charge in [-0.3, -0.25) is 9.78 Å². The van der Waals surface area contributed by atoms with E-state index in [2.05, 4.69) is 10.3 Å². The number of para-hydroxylation sites is 1. The Balaban J connectivity index is 1.77. The summed E-state index contributed by atoms with van der Waals surface area (Å²) >= 11 is 0. The Labute approximate surface area is 169 Å². The first-order valence-electron chi connectivity index (χ1n) is 9.39. The molecule has 0 aliphatic carbocycles. The normalized spacial score (nSPS) is 10.7. The van der Waals surface area contributed by atoms with E-state index < -0.39 is 0 Å². The number of aromatic nitrogens is 2. The topological polar surface area (TPSA) is 64.1 Å². The zero-order valence-electron chi connectivity index (χ0n) is 16.3. The molecule has 0 fully saturated rings. The zero-order chi connectivity index (χ0) is 20.2. The molecule has 0 unspecified atom stereocenters. The SMILES string of the molecule is COc1ccc(-c2nc3ccccc3c(C(=O)NCc3ccccn3)c2C)cc1. The summed E-state index contributed by atoms with van der Waals surface area (Å²) in [6.45, 7) is 2.31. The summed E-state index contributed by atoms with van der Waals surface area (Å²) < 4.78 is 5.25. The van der Waals surface area contributed by atoms with Crippen molar-refractivity contribution >= 4 is 16.8 Å². The smallest absolute Gasteiger partial charge is 0.252 e. The van der Waals surface area contributed by atoms with Gasteiger partial charge in [-0.05, 0) is 55.0 Å². The van der Waals surface area contributed by atoms with Gasteiger partial charge in [0.1, 0.15) is 5.75 Å². The predicted octanol–water partition coefficient (Wildman–Crippen LogP) is 4.54. The number of amides is 1. The van der Waals surface area contributed by atoms with Crippen LogP contribution in [0.25, 0.3) is 22.2 Å². The molecule has 5 nitrogen and oxygen atoms in total. The fraction of sp³-hybridized carbons (Fsp3) is 0.125. The minimum atomic E-state index is -0.137. The third-order valence-electron chi connectivity index (χ3n) is 4.88. The molecule has 2 heterocycles. The van der Waals surface area contributed by atoms with Crippen LogP contribution in [-0.2, 0) is 6.54 Å². The highest BCUT2D eigenvalue weighted by Crippen LogP contribution is 2.30. The minimum Gasteiger partial charge on any atom is -0.497 e. The van der Waals surface area contributed by atoms with Gasteiger partial charge in [0, 0.05) is 17.1 Å². The molecule has 0 saturated heterocycles. The number of hydrogen-bond donors (Lipinski definition) is 1. The van der Waals surface area contributed by atoms with E-state index in [4.69, 9.17) is 9.72 Å². The molecule has 2 aromatic heterocycles. The summed E-state index contributed by atoms with van der Waals surface area (Å²) in [7, 11) is 1.64. The molecule has 4 rings (SSSR count). The van der Waals surface area contributed by atoms with Crippen molar-refractivity contribution in [1.29, 1.82) is 0 Å². The van der Waals surface area contributed by atoms with Crippen molar-refractivity contribution in [2.75, 3.05) is 7.11 Å². The molecule has 2 aromatic carbocycles. The number of nitrogens with zero attached hydrogens (tertiary/aromatic N) is 2. The van der Waals surface area contributed by atoms with Gasteiger partial charge in [0.25, 0.3) is 5.91 Å².